The maximum Gasteiger partial charge on any atom is 0.241 e. The van der Waals surface area contributed by atoms with Crippen molar-refractivity contribution < 1.29 is 9.59 Å². The van der Waals surface area contributed by atoms with Crippen molar-refractivity contribution in [3.63, 3.8) is 0 Å². The van der Waals surface area contributed by atoms with Gasteiger partial charge in [0.1, 0.15) is 0 Å². The number of nitrogens with one attached hydrogen (secondary N) is 1. The molecule has 6 heteroatoms. The average molecular weight is 264 g/mol. The summed E-state index contributed by atoms with van der Waals surface area (Å²) in [6, 6.07) is 6.87. The van der Waals surface area contributed by atoms with Gasteiger partial charge in [-0.3, -0.25) is 14.5 Å². The Bertz CT molecular complexity index is 462. The predicted octanol–water partition coefficient (Wildman–Crippen LogP) is -0.111. The van der Waals surface area contributed by atoms with Crippen molar-refractivity contribution in [2.45, 2.75) is 19.5 Å². The molecule has 0 aliphatic carbocycles. The van der Waals surface area contributed by atoms with Crippen LogP contribution in [0.5, 0.6) is 0 Å². The molecule has 1 rings (SSSR count). The van der Waals surface area contributed by atoms with Gasteiger partial charge < -0.3 is 16.8 Å². The predicted molar refractivity (Wildman–Crippen MR) is 74.2 cm³/mol. The lowest BCUT2D eigenvalue weighted by Crippen LogP contribution is -2.43. The maximum absolute atomic E-state index is 12.1. The number of nitrogens with two attached hydrogens (primary N) is 2. The highest BCUT2D eigenvalue weighted by Gasteiger charge is 2.19. The van der Waals surface area contributed by atoms with Crippen molar-refractivity contribution in [1.29, 1.82) is 0 Å². The van der Waals surface area contributed by atoms with Crippen LogP contribution in [0.25, 0.3) is 0 Å². The van der Waals surface area contributed by atoms with E-state index in [0.717, 1.165) is 5.56 Å². The number of amides is 2. The molecule has 0 aromatic heterocycles. The van der Waals surface area contributed by atoms with Gasteiger partial charge in [-0.2, -0.15) is 0 Å². The van der Waals surface area contributed by atoms with Crippen LogP contribution < -0.4 is 16.8 Å². The summed E-state index contributed by atoms with van der Waals surface area (Å²) in [6.45, 7) is 2.10. The fraction of sp³-hybridized carbons (Fsp3) is 0.385. The Hall–Kier alpha value is -1.92. The number of hydrogen-bond donors (Lipinski definition) is 3. The monoisotopic (exact) mass is 264 g/mol. The lowest BCUT2D eigenvalue weighted by atomic mass is 10.1. The van der Waals surface area contributed by atoms with Gasteiger partial charge in [0.2, 0.25) is 11.8 Å². The molecule has 0 radical (unpaired) electrons. The van der Waals surface area contributed by atoms with E-state index in [1.807, 2.05) is 18.2 Å². The van der Waals surface area contributed by atoms with Gasteiger partial charge in [-0.25, -0.2) is 0 Å². The molecule has 19 heavy (non-hydrogen) atoms. The number of carbonyl (C=O) groups is 2. The van der Waals surface area contributed by atoms with Crippen LogP contribution in [-0.2, 0) is 16.1 Å². The highest BCUT2D eigenvalue weighted by atomic mass is 16.2. The van der Waals surface area contributed by atoms with Crippen molar-refractivity contribution in [3.8, 4) is 0 Å². The number of para-hydroxylation sites is 1. The summed E-state index contributed by atoms with van der Waals surface area (Å²) in [4.78, 5) is 24.5. The van der Waals surface area contributed by atoms with Gasteiger partial charge in [0.05, 0.1) is 12.6 Å². The first-order chi connectivity index (χ1) is 8.95. The summed E-state index contributed by atoms with van der Waals surface area (Å²) in [5.41, 5.74) is 12.3. The minimum Gasteiger partial charge on any atom is -0.369 e. The number of rotatable bonds is 6. The zero-order chi connectivity index (χ0) is 14.4. The van der Waals surface area contributed by atoms with Crippen LogP contribution in [0.2, 0.25) is 0 Å². The van der Waals surface area contributed by atoms with E-state index in [1.165, 1.54) is 0 Å². The third-order valence-corrected chi connectivity index (χ3v) is 2.94. The summed E-state index contributed by atoms with van der Waals surface area (Å²) in [5, 5.41) is 2.80. The van der Waals surface area contributed by atoms with E-state index in [2.05, 4.69) is 5.32 Å². The van der Waals surface area contributed by atoms with E-state index < -0.39 is 11.9 Å². The second-order valence-electron chi connectivity index (χ2n) is 4.41. The Morgan fingerprint density at radius 1 is 1.37 bits per heavy atom. The summed E-state index contributed by atoms with van der Waals surface area (Å²) in [5.74, 6) is -0.672. The quantitative estimate of drug-likeness (QED) is 0.667. The number of carbonyl (C=O) groups excluding carboxylic acids is 2. The van der Waals surface area contributed by atoms with Crippen molar-refractivity contribution in [3.05, 3.63) is 29.8 Å². The lowest BCUT2D eigenvalue weighted by Gasteiger charge is -2.22. The highest BCUT2D eigenvalue weighted by Crippen LogP contribution is 2.14. The van der Waals surface area contributed by atoms with Gasteiger partial charge in [-0.05, 0) is 25.6 Å². The van der Waals surface area contributed by atoms with Crippen LogP contribution >= 0.6 is 0 Å². The molecule has 104 valence electrons. The molecular weight excluding hydrogens is 244 g/mol. The number of primary amides is 1. The molecule has 2 amide bonds. The van der Waals surface area contributed by atoms with E-state index in [4.69, 9.17) is 11.5 Å². The molecule has 1 atom stereocenters. The minimum absolute atomic E-state index is 0.0348. The fourth-order valence-electron chi connectivity index (χ4n) is 1.64. The van der Waals surface area contributed by atoms with Crippen molar-refractivity contribution >= 4 is 17.5 Å². The first-order valence-corrected chi connectivity index (χ1v) is 6.03. The second kappa shape index (κ2) is 6.86. The molecule has 0 spiro atoms. The van der Waals surface area contributed by atoms with Crippen molar-refractivity contribution in [2.24, 2.45) is 11.5 Å². The van der Waals surface area contributed by atoms with Gasteiger partial charge in [0, 0.05) is 12.2 Å². The third kappa shape index (κ3) is 4.35. The van der Waals surface area contributed by atoms with E-state index >= 15 is 0 Å². The Morgan fingerprint density at radius 3 is 2.58 bits per heavy atom. The Balaban J connectivity index is 2.71. The Morgan fingerprint density at radius 2 is 2.00 bits per heavy atom. The second-order valence-corrected chi connectivity index (χ2v) is 4.41. The number of likely N-dealkylation sites (N-methyl/N-ethyl adjacent to an activating group) is 1. The number of hydrogen-bond acceptors (Lipinski definition) is 4. The average Bonchev–Trinajstić information content (AvgIpc) is 2.37. The zero-order valence-electron chi connectivity index (χ0n) is 11.2. The molecule has 0 heterocycles. The molecular formula is C13H20N4O2. The van der Waals surface area contributed by atoms with E-state index in [9.17, 15) is 9.59 Å². The highest BCUT2D eigenvalue weighted by molar-refractivity contribution is 5.95. The van der Waals surface area contributed by atoms with Crippen LogP contribution in [0.15, 0.2) is 24.3 Å². The van der Waals surface area contributed by atoms with Gasteiger partial charge in [-0.1, -0.05) is 18.2 Å². The SMILES string of the molecule is CC(C(=O)Nc1ccccc1CN)N(C)CC(N)=O. The molecule has 0 aliphatic heterocycles. The molecule has 5 N–H and O–H groups in total. The van der Waals surface area contributed by atoms with Crippen molar-refractivity contribution in [2.75, 3.05) is 18.9 Å². The summed E-state index contributed by atoms with van der Waals surface area (Å²) in [6.07, 6.45) is 0. The third-order valence-electron chi connectivity index (χ3n) is 2.94. The first-order valence-electron chi connectivity index (χ1n) is 6.03. The van der Waals surface area contributed by atoms with Crippen molar-refractivity contribution in [1.82, 2.24) is 4.90 Å². The van der Waals surface area contributed by atoms with Crippen LogP contribution in [0.1, 0.15) is 12.5 Å². The molecule has 1 aromatic rings. The largest absolute Gasteiger partial charge is 0.369 e. The number of benzene rings is 1. The van der Waals surface area contributed by atoms with E-state index in [1.54, 1.807) is 24.9 Å². The molecule has 0 saturated carbocycles. The fourth-order valence-corrected chi connectivity index (χ4v) is 1.64. The van der Waals surface area contributed by atoms with Gasteiger partial charge >= 0.3 is 0 Å². The first kappa shape index (κ1) is 15.1. The van der Waals surface area contributed by atoms with Crippen LogP contribution in [0.3, 0.4) is 0 Å². The van der Waals surface area contributed by atoms with Crippen LogP contribution in [0.4, 0.5) is 5.69 Å². The topological polar surface area (TPSA) is 101 Å². The smallest absolute Gasteiger partial charge is 0.241 e. The van der Waals surface area contributed by atoms with Gasteiger partial charge in [0.25, 0.3) is 0 Å². The molecule has 0 fully saturated rings. The summed E-state index contributed by atoms with van der Waals surface area (Å²) >= 11 is 0. The van der Waals surface area contributed by atoms with Gasteiger partial charge in [-0.15, -0.1) is 0 Å². The van der Waals surface area contributed by atoms with E-state index in [0.29, 0.717) is 12.2 Å². The van der Waals surface area contributed by atoms with Crippen LogP contribution in [0, 0.1) is 0 Å². The van der Waals surface area contributed by atoms with E-state index in [-0.39, 0.29) is 12.5 Å². The molecule has 6 nitrogen and oxygen atoms in total. The van der Waals surface area contributed by atoms with Crippen LogP contribution in [-0.4, -0.2) is 36.3 Å². The summed E-state index contributed by atoms with van der Waals surface area (Å²) < 4.78 is 0. The number of anilines is 1. The molecule has 1 aromatic carbocycles. The lowest BCUT2D eigenvalue weighted by molar-refractivity contribution is -0.123. The number of nitrogens with zero attached hydrogens (tertiary/aromatic N) is 1. The minimum atomic E-state index is -0.468. The van der Waals surface area contributed by atoms with Gasteiger partial charge in [0.15, 0.2) is 0 Å². The molecule has 0 aliphatic rings. The normalized spacial score (nSPS) is 12.2. The Labute approximate surface area is 112 Å². The maximum atomic E-state index is 12.1. The standard InChI is InChI=1S/C13H20N4O2/c1-9(17(2)8-12(15)18)13(19)16-11-6-4-3-5-10(11)7-14/h3-6,9H,7-8,14H2,1-2H3,(H2,15,18)(H,16,19). The Kier molecular flexibility index (Phi) is 5.47. The molecule has 0 bridgehead atoms. The molecule has 0 saturated heterocycles. The zero-order valence-corrected chi connectivity index (χ0v) is 11.2. The molecule has 1 unspecified atom stereocenters. The summed E-state index contributed by atoms with van der Waals surface area (Å²) in [7, 11) is 1.67.